The number of aromatic nitrogens is 2. The molecule has 1 saturated heterocycles. The Kier molecular flexibility index (Phi) is 4.88. The lowest BCUT2D eigenvalue weighted by molar-refractivity contribution is 0.182. The smallest absolute Gasteiger partial charge is 0.194 e. The molecular weight excluding hydrogens is 328 g/mol. The number of rotatable bonds is 5. The average molecular weight is 355 g/mol. The highest BCUT2D eigenvalue weighted by atomic mass is 32.1. The van der Waals surface area contributed by atoms with Gasteiger partial charge in [0.1, 0.15) is 0 Å². The van der Waals surface area contributed by atoms with Crippen molar-refractivity contribution in [1.82, 2.24) is 19.6 Å². The van der Waals surface area contributed by atoms with Gasteiger partial charge in [-0.2, -0.15) is 0 Å². The molecule has 0 aliphatic carbocycles. The van der Waals surface area contributed by atoms with Gasteiger partial charge in [0.25, 0.3) is 0 Å². The molecule has 132 valence electrons. The highest BCUT2D eigenvalue weighted by molar-refractivity contribution is 7.17. The van der Waals surface area contributed by atoms with E-state index >= 15 is 0 Å². The van der Waals surface area contributed by atoms with Crippen molar-refractivity contribution in [2.75, 3.05) is 13.1 Å². The molecule has 0 radical (unpaired) electrons. The van der Waals surface area contributed by atoms with E-state index in [1.54, 1.807) is 11.3 Å². The zero-order valence-corrected chi connectivity index (χ0v) is 15.9. The summed E-state index contributed by atoms with van der Waals surface area (Å²) < 4.78 is 2.26. The first-order chi connectivity index (χ1) is 12.2. The summed E-state index contributed by atoms with van der Waals surface area (Å²) in [5.74, 6) is 0. The number of thiazole rings is 1. The Bertz CT molecular complexity index is 836. The fourth-order valence-corrected chi connectivity index (χ4v) is 4.66. The van der Waals surface area contributed by atoms with Crippen LogP contribution in [0, 0.1) is 13.8 Å². The average Bonchev–Trinajstić information content (AvgIpc) is 3.09. The van der Waals surface area contributed by atoms with E-state index in [4.69, 9.17) is 4.98 Å². The molecule has 1 unspecified atom stereocenters. The molecule has 3 heterocycles. The Morgan fingerprint density at radius 3 is 2.92 bits per heavy atom. The SMILES string of the molecule is Cc1cn2c(CNC3CCCN(Cc4ccccc4)C3)c(C)nc2s1. The van der Waals surface area contributed by atoms with E-state index in [0.29, 0.717) is 6.04 Å². The van der Waals surface area contributed by atoms with Gasteiger partial charge in [-0.3, -0.25) is 9.30 Å². The summed E-state index contributed by atoms with van der Waals surface area (Å²) in [4.78, 5) is 9.70. The van der Waals surface area contributed by atoms with Crippen LogP contribution in [0.1, 0.15) is 34.7 Å². The lowest BCUT2D eigenvalue weighted by atomic mass is 10.0. The van der Waals surface area contributed by atoms with Crippen LogP contribution in [0.2, 0.25) is 0 Å². The fourth-order valence-electron chi connectivity index (χ4n) is 3.77. The van der Waals surface area contributed by atoms with Crippen LogP contribution in [0.15, 0.2) is 36.5 Å². The van der Waals surface area contributed by atoms with Crippen molar-refractivity contribution >= 4 is 16.3 Å². The maximum absolute atomic E-state index is 4.70. The van der Waals surface area contributed by atoms with Gasteiger partial charge < -0.3 is 5.32 Å². The Balaban J connectivity index is 1.38. The number of piperidine rings is 1. The summed E-state index contributed by atoms with van der Waals surface area (Å²) in [5, 5.41) is 3.78. The number of likely N-dealkylation sites (tertiary alicyclic amines) is 1. The summed E-state index contributed by atoms with van der Waals surface area (Å²) in [5.41, 5.74) is 3.86. The molecular formula is C20H26N4S. The van der Waals surface area contributed by atoms with Crippen molar-refractivity contribution < 1.29 is 0 Å². The molecule has 1 N–H and O–H groups in total. The van der Waals surface area contributed by atoms with Gasteiger partial charge >= 0.3 is 0 Å². The Morgan fingerprint density at radius 1 is 1.24 bits per heavy atom. The van der Waals surface area contributed by atoms with E-state index in [1.165, 1.54) is 35.5 Å². The second-order valence-corrected chi connectivity index (χ2v) is 8.29. The summed E-state index contributed by atoms with van der Waals surface area (Å²) in [7, 11) is 0. The zero-order chi connectivity index (χ0) is 17.2. The first-order valence-electron chi connectivity index (χ1n) is 9.12. The third-order valence-corrected chi connectivity index (χ3v) is 5.95. The van der Waals surface area contributed by atoms with Crippen LogP contribution >= 0.6 is 11.3 Å². The lowest BCUT2D eigenvalue weighted by Gasteiger charge is -2.33. The number of imidazole rings is 1. The van der Waals surface area contributed by atoms with Gasteiger partial charge in [0.2, 0.25) is 0 Å². The topological polar surface area (TPSA) is 32.6 Å². The molecule has 1 aliphatic heterocycles. The highest BCUT2D eigenvalue weighted by Crippen LogP contribution is 2.21. The van der Waals surface area contributed by atoms with Crippen LogP contribution in [-0.4, -0.2) is 33.4 Å². The van der Waals surface area contributed by atoms with E-state index < -0.39 is 0 Å². The zero-order valence-electron chi connectivity index (χ0n) is 15.0. The third kappa shape index (κ3) is 3.78. The Morgan fingerprint density at radius 2 is 2.08 bits per heavy atom. The van der Waals surface area contributed by atoms with Gasteiger partial charge in [-0.1, -0.05) is 30.3 Å². The molecule has 1 fully saturated rings. The molecule has 1 aliphatic rings. The van der Waals surface area contributed by atoms with Crippen LogP contribution < -0.4 is 5.32 Å². The Labute approximate surface area is 153 Å². The normalized spacial score (nSPS) is 18.9. The van der Waals surface area contributed by atoms with Gasteiger partial charge in [-0.25, -0.2) is 4.98 Å². The highest BCUT2D eigenvalue weighted by Gasteiger charge is 2.20. The fraction of sp³-hybridized carbons (Fsp3) is 0.450. The van der Waals surface area contributed by atoms with Gasteiger partial charge in [0.15, 0.2) is 4.96 Å². The summed E-state index contributed by atoms with van der Waals surface area (Å²) in [6.07, 6.45) is 4.73. The van der Waals surface area contributed by atoms with Gasteiger partial charge in [0.05, 0.1) is 11.4 Å². The van der Waals surface area contributed by atoms with E-state index in [1.807, 2.05) is 0 Å². The number of hydrogen-bond donors (Lipinski definition) is 1. The summed E-state index contributed by atoms with van der Waals surface area (Å²) in [6, 6.07) is 11.4. The molecule has 1 atom stereocenters. The maximum atomic E-state index is 4.70. The van der Waals surface area contributed by atoms with Gasteiger partial charge in [-0.15, -0.1) is 11.3 Å². The van der Waals surface area contributed by atoms with Crippen LogP contribution in [0.5, 0.6) is 0 Å². The number of benzene rings is 1. The number of nitrogens with zero attached hydrogens (tertiary/aromatic N) is 3. The second-order valence-electron chi connectivity index (χ2n) is 7.08. The Hall–Kier alpha value is -1.69. The molecule has 2 aromatic heterocycles. The molecule has 0 amide bonds. The molecule has 5 heteroatoms. The van der Waals surface area contributed by atoms with Gasteiger partial charge in [-0.05, 0) is 38.8 Å². The number of hydrogen-bond acceptors (Lipinski definition) is 4. The standard InChI is InChI=1S/C20H26N4S/c1-15-12-24-19(16(2)22-20(24)25-15)11-21-18-9-6-10-23(14-18)13-17-7-4-3-5-8-17/h3-5,7-8,12,18,21H,6,9-11,13-14H2,1-2H3. The summed E-state index contributed by atoms with van der Waals surface area (Å²) in [6.45, 7) is 8.54. The third-order valence-electron chi connectivity index (χ3n) is 5.05. The molecule has 25 heavy (non-hydrogen) atoms. The van der Waals surface area contributed by atoms with Crippen LogP contribution in [0.3, 0.4) is 0 Å². The molecule has 0 bridgehead atoms. The monoisotopic (exact) mass is 354 g/mol. The first-order valence-corrected chi connectivity index (χ1v) is 9.94. The van der Waals surface area contributed by atoms with E-state index in [9.17, 15) is 0 Å². The van der Waals surface area contributed by atoms with E-state index in [0.717, 1.165) is 30.3 Å². The maximum Gasteiger partial charge on any atom is 0.194 e. The van der Waals surface area contributed by atoms with Crippen LogP contribution in [0.4, 0.5) is 0 Å². The molecule has 1 aromatic carbocycles. The molecule has 0 saturated carbocycles. The van der Waals surface area contributed by atoms with Crippen molar-refractivity contribution in [3.8, 4) is 0 Å². The van der Waals surface area contributed by atoms with Crippen molar-refractivity contribution in [3.63, 3.8) is 0 Å². The predicted octanol–water partition coefficient (Wildman–Crippen LogP) is 3.77. The number of fused-ring (bicyclic) bond motifs is 1. The van der Waals surface area contributed by atoms with E-state index in [2.05, 4.69) is 65.0 Å². The summed E-state index contributed by atoms with van der Waals surface area (Å²) >= 11 is 1.77. The number of aryl methyl sites for hydroxylation is 2. The molecule has 3 aromatic rings. The largest absolute Gasteiger partial charge is 0.307 e. The van der Waals surface area contributed by atoms with Crippen molar-refractivity contribution in [2.45, 2.75) is 45.8 Å². The van der Waals surface area contributed by atoms with Crippen LogP contribution in [-0.2, 0) is 13.1 Å². The minimum atomic E-state index is 0.558. The minimum Gasteiger partial charge on any atom is -0.307 e. The van der Waals surface area contributed by atoms with Crippen molar-refractivity contribution in [2.24, 2.45) is 0 Å². The predicted molar refractivity (Wildman–Crippen MR) is 104 cm³/mol. The minimum absolute atomic E-state index is 0.558. The molecule has 4 rings (SSSR count). The molecule has 0 spiro atoms. The molecule has 4 nitrogen and oxygen atoms in total. The lowest BCUT2D eigenvalue weighted by Crippen LogP contribution is -2.45. The second kappa shape index (κ2) is 7.28. The number of nitrogens with one attached hydrogen (secondary N) is 1. The van der Waals surface area contributed by atoms with E-state index in [-0.39, 0.29) is 0 Å². The van der Waals surface area contributed by atoms with Crippen LogP contribution in [0.25, 0.3) is 4.96 Å². The first kappa shape index (κ1) is 16.8. The quantitative estimate of drug-likeness (QED) is 0.757. The van der Waals surface area contributed by atoms with Gasteiger partial charge in [0, 0.05) is 36.8 Å². The van der Waals surface area contributed by atoms with Crippen molar-refractivity contribution in [1.29, 1.82) is 0 Å². The van der Waals surface area contributed by atoms with Crippen molar-refractivity contribution in [3.05, 3.63) is 58.4 Å².